The number of carbonyl (C=O) groups is 2. The van der Waals surface area contributed by atoms with E-state index >= 15 is 0 Å². The maximum atomic E-state index is 13.0. The maximum absolute atomic E-state index is 13.0. The molecule has 2 saturated heterocycles. The van der Waals surface area contributed by atoms with E-state index < -0.39 is 0 Å². The molecule has 5 nitrogen and oxygen atoms in total. The van der Waals surface area contributed by atoms with Gasteiger partial charge in [-0.2, -0.15) is 0 Å². The van der Waals surface area contributed by atoms with Crippen molar-refractivity contribution in [2.75, 3.05) is 19.7 Å². The monoisotopic (exact) mass is 432 g/mol. The van der Waals surface area contributed by atoms with Crippen LogP contribution in [0.5, 0.6) is 0 Å². The van der Waals surface area contributed by atoms with E-state index in [-0.39, 0.29) is 48.8 Å². The highest BCUT2D eigenvalue weighted by Gasteiger charge is 2.54. The van der Waals surface area contributed by atoms with Gasteiger partial charge in [-0.05, 0) is 60.7 Å². The van der Waals surface area contributed by atoms with Crippen molar-refractivity contribution in [3.8, 4) is 11.8 Å². The highest BCUT2D eigenvalue weighted by Crippen LogP contribution is 2.43. The predicted molar refractivity (Wildman–Crippen MR) is 117 cm³/mol. The van der Waals surface area contributed by atoms with Crippen molar-refractivity contribution < 1.29 is 19.1 Å². The number of benzene rings is 2. The molecule has 2 amide bonds. The standard InChI is InChI=1S/C26H25FN2O3/c27-21-11-7-18(8-12-21)2-1-17-5-9-20(10-6-17)26-22-14-28(24(31)13-19-3-4-19)15-25(32)29(22)23(26)16-30/h5-12,19,22-23,26,30H,3-4,13-16H2/t22-,23-,26+/m1/s1. The first-order valence-corrected chi connectivity index (χ1v) is 11.1. The number of hydrogen-bond acceptors (Lipinski definition) is 3. The van der Waals surface area contributed by atoms with Crippen molar-refractivity contribution in [1.29, 1.82) is 0 Å². The lowest BCUT2D eigenvalue weighted by molar-refractivity contribution is -0.167. The number of fused-ring (bicyclic) bond motifs is 1. The van der Waals surface area contributed by atoms with Crippen LogP contribution in [-0.4, -0.2) is 58.5 Å². The SMILES string of the molecule is O=C(CC1CC1)N1CC(=O)N2[C@H](CO)[C@@H](c3ccc(C#Cc4ccc(F)cc4)cc3)[C@H]2C1. The minimum absolute atomic E-state index is 0.0143. The molecule has 164 valence electrons. The lowest BCUT2D eigenvalue weighted by Crippen LogP contribution is -2.73. The number of nitrogens with zero attached hydrogens (tertiary/aromatic N) is 2. The molecule has 3 atom stereocenters. The number of piperazine rings is 1. The molecule has 1 N–H and O–H groups in total. The molecule has 0 radical (unpaired) electrons. The van der Waals surface area contributed by atoms with Crippen LogP contribution in [0.25, 0.3) is 0 Å². The van der Waals surface area contributed by atoms with E-state index in [0.717, 1.165) is 29.5 Å². The average Bonchev–Trinajstić information content (AvgIpc) is 3.59. The number of rotatable bonds is 4. The van der Waals surface area contributed by atoms with Crippen LogP contribution in [0.1, 0.15) is 41.9 Å². The highest BCUT2D eigenvalue weighted by atomic mass is 19.1. The predicted octanol–water partition coefficient (Wildman–Crippen LogP) is 2.52. The third kappa shape index (κ3) is 4.01. The molecule has 0 spiro atoms. The van der Waals surface area contributed by atoms with Gasteiger partial charge in [0.15, 0.2) is 0 Å². The van der Waals surface area contributed by atoms with Crippen LogP contribution in [0.2, 0.25) is 0 Å². The number of aliphatic hydroxyl groups excluding tert-OH is 1. The van der Waals surface area contributed by atoms with Gasteiger partial charge in [0.2, 0.25) is 11.8 Å². The summed E-state index contributed by atoms with van der Waals surface area (Å²) in [6.45, 7) is 0.531. The molecule has 0 bridgehead atoms. The first kappa shape index (κ1) is 20.7. The van der Waals surface area contributed by atoms with E-state index in [1.807, 2.05) is 24.3 Å². The van der Waals surface area contributed by atoms with Gasteiger partial charge >= 0.3 is 0 Å². The van der Waals surface area contributed by atoms with E-state index in [1.54, 1.807) is 21.9 Å². The largest absolute Gasteiger partial charge is 0.394 e. The lowest BCUT2D eigenvalue weighted by Gasteiger charge is -2.58. The molecule has 32 heavy (non-hydrogen) atoms. The summed E-state index contributed by atoms with van der Waals surface area (Å²) < 4.78 is 13.0. The maximum Gasteiger partial charge on any atom is 0.242 e. The van der Waals surface area contributed by atoms with Crippen molar-refractivity contribution in [2.24, 2.45) is 5.92 Å². The first-order valence-electron chi connectivity index (χ1n) is 11.1. The highest BCUT2D eigenvalue weighted by molar-refractivity contribution is 5.88. The molecular weight excluding hydrogens is 407 g/mol. The Morgan fingerprint density at radius 1 is 1.03 bits per heavy atom. The Bertz CT molecular complexity index is 1080. The summed E-state index contributed by atoms with van der Waals surface area (Å²) in [6.07, 6.45) is 2.75. The molecular formula is C26H25FN2O3. The summed E-state index contributed by atoms with van der Waals surface area (Å²) in [7, 11) is 0. The zero-order chi connectivity index (χ0) is 22.2. The minimum Gasteiger partial charge on any atom is -0.394 e. The summed E-state index contributed by atoms with van der Waals surface area (Å²) in [5.41, 5.74) is 2.60. The van der Waals surface area contributed by atoms with E-state index in [1.165, 1.54) is 12.1 Å². The zero-order valence-electron chi connectivity index (χ0n) is 17.7. The van der Waals surface area contributed by atoms with Crippen LogP contribution >= 0.6 is 0 Å². The van der Waals surface area contributed by atoms with Crippen LogP contribution in [0.4, 0.5) is 4.39 Å². The van der Waals surface area contributed by atoms with Gasteiger partial charge in [-0.1, -0.05) is 24.0 Å². The Kier molecular flexibility index (Phi) is 5.44. The molecule has 0 unspecified atom stereocenters. The van der Waals surface area contributed by atoms with Gasteiger partial charge in [-0.3, -0.25) is 9.59 Å². The van der Waals surface area contributed by atoms with Crippen LogP contribution in [0.3, 0.4) is 0 Å². The average molecular weight is 432 g/mol. The van der Waals surface area contributed by atoms with Gasteiger partial charge < -0.3 is 14.9 Å². The number of halogens is 1. The minimum atomic E-state index is -0.290. The van der Waals surface area contributed by atoms with Crippen LogP contribution in [-0.2, 0) is 9.59 Å². The van der Waals surface area contributed by atoms with E-state index in [4.69, 9.17) is 0 Å². The van der Waals surface area contributed by atoms with Crippen molar-refractivity contribution in [1.82, 2.24) is 9.80 Å². The van der Waals surface area contributed by atoms with Crippen LogP contribution in [0, 0.1) is 23.6 Å². The second-order valence-electron chi connectivity index (χ2n) is 8.94. The van der Waals surface area contributed by atoms with E-state index in [0.29, 0.717) is 18.9 Å². The number of amides is 2. The van der Waals surface area contributed by atoms with Crippen molar-refractivity contribution in [2.45, 2.75) is 37.3 Å². The molecule has 1 aliphatic carbocycles. The summed E-state index contributed by atoms with van der Waals surface area (Å²) >= 11 is 0. The summed E-state index contributed by atoms with van der Waals surface area (Å²) in [5, 5.41) is 9.94. The van der Waals surface area contributed by atoms with Gasteiger partial charge in [-0.15, -0.1) is 0 Å². The Labute approximate surface area is 186 Å². The molecule has 3 fully saturated rings. The van der Waals surface area contributed by atoms with Gasteiger partial charge in [0.25, 0.3) is 0 Å². The van der Waals surface area contributed by atoms with Crippen molar-refractivity contribution >= 4 is 11.8 Å². The van der Waals surface area contributed by atoms with Crippen LogP contribution in [0.15, 0.2) is 48.5 Å². The molecule has 5 rings (SSSR count). The topological polar surface area (TPSA) is 60.9 Å². The fourth-order valence-electron chi connectivity index (χ4n) is 4.85. The van der Waals surface area contributed by atoms with Crippen LogP contribution < -0.4 is 0 Å². The Balaban J connectivity index is 1.31. The smallest absolute Gasteiger partial charge is 0.242 e. The third-order valence-electron chi connectivity index (χ3n) is 6.76. The Morgan fingerprint density at radius 2 is 1.66 bits per heavy atom. The molecule has 2 aliphatic heterocycles. The van der Waals surface area contributed by atoms with Crippen molar-refractivity contribution in [3.05, 3.63) is 71.0 Å². The van der Waals surface area contributed by atoms with Gasteiger partial charge in [0.05, 0.1) is 25.2 Å². The van der Waals surface area contributed by atoms with Gasteiger partial charge in [-0.25, -0.2) is 4.39 Å². The third-order valence-corrected chi connectivity index (χ3v) is 6.76. The first-order chi connectivity index (χ1) is 15.5. The zero-order valence-corrected chi connectivity index (χ0v) is 17.7. The van der Waals surface area contributed by atoms with E-state index in [2.05, 4.69) is 11.8 Å². The molecule has 2 aromatic rings. The fraction of sp³-hybridized carbons (Fsp3) is 0.385. The lowest BCUT2D eigenvalue weighted by atomic mass is 9.73. The molecule has 2 heterocycles. The summed E-state index contributed by atoms with van der Waals surface area (Å²) in [5.74, 6) is 6.27. The molecule has 6 heteroatoms. The molecule has 3 aliphatic rings. The molecule has 1 saturated carbocycles. The van der Waals surface area contributed by atoms with E-state index in [9.17, 15) is 19.1 Å². The Hall–Kier alpha value is -3.17. The molecule has 0 aromatic heterocycles. The second-order valence-corrected chi connectivity index (χ2v) is 8.94. The normalized spacial score (nSPS) is 24.3. The Morgan fingerprint density at radius 3 is 2.25 bits per heavy atom. The fourth-order valence-corrected chi connectivity index (χ4v) is 4.85. The molecule has 2 aromatic carbocycles. The number of hydrogen-bond donors (Lipinski definition) is 1. The quantitative estimate of drug-likeness (QED) is 0.756. The van der Waals surface area contributed by atoms with Gasteiger partial charge in [0.1, 0.15) is 5.82 Å². The van der Waals surface area contributed by atoms with Gasteiger partial charge in [0, 0.05) is 30.0 Å². The van der Waals surface area contributed by atoms with Crippen molar-refractivity contribution in [3.63, 3.8) is 0 Å². The second kappa shape index (κ2) is 8.40. The number of carbonyl (C=O) groups excluding carboxylic acids is 2. The summed E-state index contributed by atoms with van der Waals surface area (Å²) in [6, 6.07) is 13.5. The summed E-state index contributed by atoms with van der Waals surface area (Å²) in [4.78, 5) is 28.7. The number of aliphatic hydroxyl groups is 1.